The van der Waals surface area contributed by atoms with Crippen molar-refractivity contribution in [2.75, 3.05) is 0 Å². The number of hydrogen-bond acceptors (Lipinski definition) is 4. The molecule has 0 aliphatic heterocycles. The van der Waals surface area contributed by atoms with Crippen LogP contribution in [0.3, 0.4) is 0 Å². The summed E-state index contributed by atoms with van der Waals surface area (Å²) < 4.78 is 5.50. The van der Waals surface area contributed by atoms with Crippen molar-refractivity contribution in [2.24, 2.45) is 0 Å². The van der Waals surface area contributed by atoms with Crippen LogP contribution in [-0.2, 0) is 0 Å². The molecule has 0 amide bonds. The topological polar surface area (TPSA) is 58.8 Å². The van der Waals surface area contributed by atoms with Crippen molar-refractivity contribution < 1.29 is 4.74 Å². The summed E-state index contributed by atoms with van der Waals surface area (Å²) in [5, 5.41) is 8.64. The molecule has 1 aromatic carbocycles. The zero-order chi connectivity index (χ0) is 11.4. The van der Waals surface area contributed by atoms with E-state index >= 15 is 0 Å². The summed E-state index contributed by atoms with van der Waals surface area (Å²) in [6, 6.07) is 10.7. The van der Waals surface area contributed by atoms with Crippen molar-refractivity contribution in [1.82, 2.24) is 9.97 Å². The zero-order valence-corrected chi connectivity index (χ0v) is 8.71. The van der Waals surface area contributed by atoms with Crippen LogP contribution in [-0.4, -0.2) is 9.97 Å². The summed E-state index contributed by atoms with van der Waals surface area (Å²) in [5.74, 6) is 1.15. The van der Waals surface area contributed by atoms with Gasteiger partial charge in [0.1, 0.15) is 12.1 Å². The summed E-state index contributed by atoms with van der Waals surface area (Å²) in [4.78, 5) is 7.95. The van der Waals surface area contributed by atoms with Gasteiger partial charge in [0.2, 0.25) is 5.88 Å². The summed E-state index contributed by atoms with van der Waals surface area (Å²) >= 11 is 0. The molecule has 0 radical (unpaired) electrons. The fourth-order valence-corrected chi connectivity index (χ4v) is 1.20. The minimum atomic E-state index is 0.497. The van der Waals surface area contributed by atoms with Crippen molar-refractivity contribution in [3.8, 4) is 17.7 Å². The third-order valence-corrected chi connectivity index (χ3v) is 1.98. The van der Waals surface area contributed by atoms with Gasteiger partial charge in [-0.2, -0.15) is 5.26 Å². The molecule has 4 nitrogen and oxygen atoms in total. The smallest absolute Gasteiger partial charge is 0.222 e. The second-order valence-electron chi connectivity index (χ2n) is 3.24. The third-order valence-electron chi connectivity index (χ3n) is 1.98. The van der Waals surface area contributed by atoms with E-state index in [1.807, 2.05) is 13.0 Å². The molecular weight excluding hydrogens is 202 g/mol. The first-order valence-corrected chi connectivity index (χ1v) is 4.74. The first-order valence-electron chi connectivity index (χ1n) is 4.74. The molecule has 0 fully saturated rings. The van der Waals surface area contributed by atoms with E-state index in [2.05, 4.69) is 9.97 Å². The number of benzene rings is 1. The van der Waals surface area contributed by atoms with Gasteiger partial charge in [0, 0.05) is 11.8 Å². The fourth-order valence-electron chi connectivity index (χ4n) is 1.20. The summed E-state index contributed by atoms with van der Waals surface area (Å²) in [6.07, 6.45) is 1.45. The molecule has 4 heteroatoms. The molecule has 78 valence electrons. The predicted molar refractivity (Wildman–Crippen MR) is 58.0 cm³/mol. The van der Waals surface area contributed by atoms with Crippen LogP contribution >= 0.6 is 0 Å². The molecule has 0 spiro atoms. The molecule has 16 heavy (non-hydrogen) atoms. The van der Waals surface area contributed by atoms with Gasteiger partial charge in [0.25, 0.3) is 0 Å². The maximum absolute atomic E-state index is 8.64. The SMILES string of the molecule is Cc1cc(Oc2ccc(C#N)cc2)ncn1. The maximum atomic E-state index is 8.64. The second kappa shape index (κ2) is 4.41. The van der Waals surface area contributed by atoms with Gasteiger partial charge in [0.05, 0.1) is 11.6 Å². The van der Waals surface area contributed by atoms with E-state index in [1.54, 1.807) is 30.3 Å². The first kappa shape index (κ1) is 10.1. The Hall–Kier alpha value is -2.41. The summed E-state index contributed by atoms with van der Waals surface area (Å²) in [6.45, 7) is 1.87. The molecule has 0 unspecified atom stereocenters. The Morgan fingerprint density at radius 3 is 2.56 bits per heavy atom. The van der Waals surface area contributed by atoms with Gasteiger partial charge >= 0.3 is 0 Å². The van der Waals surface area contributed by atoms with E-state index in [4.69, 9.17) is 10.00 Å². The Balaban J connectivity index is 2.18. The average Bonchev–Trinajstić information content (AvgIpc) is 2.30. The van der Waals surface area contributed by atoms with Gasteiger partial charge in [-0.25, -0.2) is 9.97 Å². The lowest BCUT2D eigenvalue weighted by molar-refractivity contribution is 0.460. The molecule has 1 aromatic heterocycles. The van der Waals surface area contributed by atoms with Crippen LogP contribution in [0.5, 0.6) is 11.6 Å². The van der Waals surface area contributed by atoms with Gasteiger partial charge < -0.3 is 4.74 Å². The highest BCUT2D eigenvalue weighted by Gasteiger charge is 1.99. The van der Waals surface area contributed by atoms with Crippen molar-refractivity contribution >= 4 is 0 Å². The molecule has 2 rings (SSSR count). The van der Waals surface area contributed by atoms with E-state index in [-0.39, 0.29) is 0 Å². The van der Waals surface area contributed by atoms with E-state index in [0.29, 0.717) is 17.2 Å². The first-order chi connectivity index (χ1) is 7.78. The van der Waals surface area contributed by atoms with Crippen LogP contribution in [0.4, 0.5) is 0 Å². The molecule has 0 aliphatic rings. The van der Waals surface area contributed by atoms with Crippen molar-refractivity contribution in [1.29, 1.82) is 5.26 Å². The quantitative estimate of drug-likeness (QED) is 0.765. The number of rotatable bonds is 2. The number of aromatic nitrogens is 2. The Labute approximate surface area is 93.2 Å². The molecule has 0 saturated carbocycles. The lowest BCUT2D eigenvalue weighted by Gasteiger charge is -2.04. The maximum Gasteiger partial charge on any atom is 0.222 e. The minimum Gasteiger partial charge on any atom is -0.439 e. The molecule has 0 saturated heterocycles. The van der Waals surface area contributed by atoms with Crippen LogP contribution in [0.15, 0.2) is 36.7 Å². The van der Waals surface area contributed by atoms with Gasteiger partial charge in [0.15, 0.2) is 0 Å². The Morgan fingerprint density at radius 2 is 1.94 bits per heavy atom. The molecule has 0 aliphatic carbocycles. The average molecular weight is 211 g/mol. The standard InChI is InChI=1S/C12H9N3O/c1-9-6-12(15-8-14-9)16-11-4-2-10(7-13)3-5-11/h2-6,8H,1H3. The number of nitriles is 1. The van der Waals surface area contributed by atoms with Crippen molar-refractivity contribution in [3.63, 3.8) is 0 Å². The van der Waals surface area contributed by atoms with E-state index < -0.39 is 0 Å². The number of aryl methyl sites for hydroxylation is 1. The largest absolute Gasteiger partial charge is 0.439 e. The lowest BCUT2D eigenvalue weighted by Crippen LogP contribution is -1.90. The van der Waals surface area contributed by atoms with Crippen LogP contribution in [0.1, 0.15) is 11.3 Å². The van der Waals surface area contributed by atoms with Gasteiger partial charge in [-0.1, -0.05) is 0 Å². The summed E-state index contributed by atoms with van der Waals surface area (Å²) in [7, 11) is 0. The second-order valence-corrected chi connectivity index (χ2v) is 3.24. The van der Waals surface area contributed by atoms with E-state index in [0.717, 1.165) is 5.69 Å². The Kier molecular flexibility index (Phi) is 2.79. The lowest BCUT2D eigenvalue weighted by atomic mass is 10.2. The van der Waals surface area contributed by atoms with Crippen LogP contribution in [0, 0.1) is 18.3 Å². The van der Waals surface area contributed by atoms with Crippen LogP contribution < -0.4 is 4.74 Å². The predicted octanol–water partition coefficient (Wildman–Crippen LogP) is 2.45. The fraction of sp³-hybridized carbons (Fsp3) is 0.0833. The summed E-state index contributed by atoms with van der Waals surface area (Å²) in [5.41, 5.74) is 1.45. The molecule has 1 heterocycles. The van der Waals surface area contributed by atoms with Gasteiger partial charge in [-0.05, 0) is 31.2 Å². The minimum absolute atomic E-state index is 0.497. The third kappa shape index (κ3) is 2.34. The highest BCUT2D eigenvalue weighted by Crippen LogP contribution is 2.19. The Morgan fingerprint density at radius 1 is 1.19 bits per heavy atom. The van der Waals surface area contributed by atoms with Crippen LogP contribution in [0.25, 0.3) is 0 Å². The highest BCUT2D eigenvalue weighted by molar-refractivity contribution is 5.36. The van der Waals surface area contributed by atoms with Gasteiger partial charge in [-0.15, -0.1) is 0 Å². The van der Waals surface area contributed by atoms with Gasteiger partial charge in [-0.3, -0.25) is 0 Å². The number of hydrogen-bond donors (Lipinski definition) is 0. The molecule has 0 N–H and O–H groups in total. The number of nitrogens with zero attached hydrogens (tertiary/aromatic N) is 3. The number of ether oxygens (including phenoxy) is 1. The monoisotopic (exact) mass is 211 g/mol. The highest BCUT2D eigenvalue weighted by atomic mass is 16.5. The zero-order valence-electron chi connectivity index (χ0n) is 8.71. The van der Waals surface area contributed by atoms with E-state index in [1.165, 1.54) is 6.33 Å². The van der Waals surface area contributed by atoms with E-state index in [9.17, 15) is 0 Å². The molecule has 2 aromatic rings. The Bertz CT molecular complexity index is 529. The molecule has 0 atom stereocenters. The molecule has 0 bridgehead atoms. The van der Waals surface area contributed by atoms with Crippen molar-refractivity contribution in [3.05, 3.63) is 47.9 Å². The normalized spacial score (nSPS) is 9.50. The molecular formula is C12H9N3O. The van der Waals surface area contributed by atoms with Crippen LogP contribution in [0.2, 0.25) is 0 Å². The van der Waals surface area contributed by atoms with Crippen molar-refractivity contribution in [2.45, 2.75) is 6.92 Å².